The average Bonchev–Trinajstić information content (AvgIpc) is 0.759. The third-order valence-corrected chi connectivity index (χ3v) is 25.4. The van der Waals surface area contributed by atoms with E-state index in [9.17, 15) is 74.6 Å². The number of esters is 4. The maximum atomic E-state index is 14.9. The van der Waals surface area contributed by atoms with E-state index in [4.69, 9.17) is 46.9 Å². The molecular formula is C94H175O25P. The molecule has 0 aromatic heterocycles. The number of carbonyl (C=O) groups is 4. The van der Waals surface area contributed by atoms with E-state index in [0.29, 0.717) is 49.9 Å². The number of carbonyl (C=O) groups excluding carboxylic acids is 4. The zero-order valence-electron chi connectivity index (χ0n) is 75.9. The minimum atomic E-state index is -5.82. The Hall–Kier alpha value is -2.79. The predicted octanol–water partition coefficient (Wildman–Crippen LogP) is 18.3. The van der Waals surface area contributed by atoms with Gasteiger partial charge in [0.2, 0.25) is 0 Å². The summed E-state index contributed by atoms with van der Waals surface area (Å²) in [5, 5.41) is 103. The molecule has 2 saturated heterocycles. The lowest BCUT2D eigenvalue weighted by molar-refractivity contribution is -0.360. The van der Waals surface area contributed by atoms with E-state index in [0.717, 1.165) is 128 Å². The van der Waals surface area contributed by atoms with Crippen molar-refractivity contribution in [1.82, 2.24) is 0 Å². The van der Waals surface area contributed by atoms with Crippen LogP contribution in [-0.2, 0) is 70.7 Å². The van der Waals surface area contributed by atoms with Gasteiger partial charge in [0.1, 0.15) is 92.6 Å². The molecule has 3 aliphatic rings. The van der Waals surface area contributed by atoms with Gasteiger partial charge in [-0.25, -0.2) is 4.57 Å². The largest absolute Gasteiger partial charge is 0.472 e. The van der Waals surface area contributed by atoms with Crippen LogP contribution in [-0.4, -0.2) is 205 Å². The van der Waals surface area contributed by atoms with Gasteiger partial charge in [-0.3, -0.25) is 28.2 Å². The quantitative estimate of drug-likeness (QED) is 0.00889. The molecule has 1 saturated carbocycles. The third kappa shape index (κ3) is 50.7. The summed E-state index contributed by atoms with van der Waals surface area (Å²) in [4.78, 5) is 66.7. The Morgan fingerprint density at radius 1 is 0.350 bits per heavy atom. The summed E-state index contributed by atoms with van der Waals surface area (Å²) < 4.78 is 73.6. The number of rotatable bonds is 77. The molecule has 1 aliphatic carbocycles. The fourth-order valence-corrected chi connectivity index (χ4v) is 17.4. The van der Waals surface area contributed by atoms with Gasteiger partial charge in [0.25, 0.3) is 0 Å². The Bertz CT molecular complexity index is 2590. The van der Waals surface area contributed by atoms with Crippen molar-refractivity contribution < 1.29 is 122 Å². The molecule has 3 fully saturated rings. The van der Waals surface area contributed by atoms with Crippen LogP contribution in [0.3, 0.4) is 0 Å². The smallest absolute Gasteiger partial charge is 0.463 e. The molecule has 0 amide bonds. The van der Waals surface area contributed by atoms with Crippen molar-refractivity contribution in [3.63, 3.8) is 0 Å². The van der Waals surface area contributed by atoms with Crippen molar-refractivity contribution >= 4 is 31.7 Å². The van der Waals surface area contributed by atoms with Crippen LogP contribution in [0.15, 0.2) is 12.2 Å². The Kier molecular flexibility index (Phi) is 65.2. The topological polar surface area (TPSA) is 380 Å². The minimum Gasteiger partial charge on any atom is -0.463 e. The molecule has 706 valence electrons. The first kappa shape index (κ1) is 111. The minimum absolute atomic E-state index is 0.0146. The van der Waals surface area contributed by atoms with E-state index in [1.165, 1.54) is 180 Å². The summed E-state index contributed by atoms with van der Waals surface area (Å²) in [6.07, 6.45) is 25.0. The highest BCUT2D eigenvalue weighted by molar-refractivity contribution is 7.47. The number of aliphatic hydroxyl groups excluding tert-OH is 9. The SMILES string of the molecule is CCCCCCCC/C=C\CCCCCC(=O)OCC(COP(=O)(O)OC1C(OC2OC(CO)C(O)C(O)C2O)C(O)C(O)C(OC(=O)CCCCCCCCC(C)CCCCCCCC)C1OC1OC(COC(=O)CCCCCCCCC(C)CCCCCCCC)C(O)C(O)C1O)OC(=O)CCCCCCCCC(C)CCCCCCCC. The van der Waals surface area contributed by atoms with Gasteiger partial charge in [0.15, 0.2) is 24.8 Å². The van der Waals surface area contributed by atoms with E-state index >= 15 is 0 Å². The van der Waals surface area contributed by atoms with Crippen LogP contribution >= 0.6 is 7.82 Å². The average molecular weight is 1740 g/mol. The number of phosphoric acid groups is 1. The third-order valence-electron chi connectivity index (χ3n) is 24.5. The first-order valence-electron chi connectivity index (χ1n) is 48.6. The van der Waals surface area contributed by atoms with Crippen LogP contribution in [0, 0.1) is 17.8 Å². The maximum absolute atomic E-state index is 14.9. The lowest BCUT2D eigenvalue weighted by Crippen LogP contribution is -2.70. The van der Waals surface area contributed by atoms with Crippen molar-refractivity contribution in [2.75, 3.05) is 26.4 Å². The molecule has 10 N–H and O–H groups in total. The van der Waals surface area contributed by atoms with Crippen LogP contribution < -0.4 is 0 Å². The van der Waals surface area contributed by atoms with Gasteiger partial charge in [-0.05, 0) is 69.1 Å². The molecule has 0 radical (unpaired) electrons. The molecule has 0 aromatic carbocycles. The Morgan fingerprint density at radius 2 is 0.675 bits per heavy atom. The summed E-state index contributed by atoms with van der Waals surface area (Å²) >= 11 is 0. The van der Waals surface area contributed by atoms with E-state index in [1.54, 1.807) is 0 Å². The number of ether oxygens (including phenoxy) is 8. The Balaban J connectivity index is 1.93. The molecule has 2 aliphatic heterocycles. The highest BCUT2D eigenvalue weighted by atomic mass is 31.2. The molecule has 0 spiro atoms. The summed E-state index contributed by atoms with van der Waals surface area (Å²) in [5.41, 5.74) is 0. The van der Waals surface area contributed by atoms with Gasteiger partial charge in [-0.2, -0.15) is 0 Å². The van der Waals surface area contributed by atoms with E-state index < -0.39 is 162 Å². The molecule has 26 heteroatoms. The summed E-state index contributed by atoms with van der Waals surface area (Å²) in [6.45, 7) is 12.5. The normalized spacial score (nSPS) is 25.5. The van der Waals surface area contributed by atoms with Gasteiger partial charge < -0.3 is 88.7 Å². The molecule has 3 rings (SSSR count). The monoisotopic (exact) mass is 1740 g/mol. The van der Waals surface area contributed by atoms with Crippen molar-refractivity contribution in [2.24, 2.45) is 17.8 Å². The standard InChI is InChI=1S/C94H175O25P/c1-8-12-16-20-24-25-26-27-28-29-30-43-53-63-77(96)110-68-74(113-79(98)65-55-45-35-32-41-51-61-72(6)58-48-38-22-18-14-10-3)69-112-120(108,109)119-92-90(117-93-87(106)83(102)81(100)75(67-95)114-93)86(105)85(104)89(116-80(99)66-56-46-36-33-42-52-62-73(7)59-49-39-23-19-15-11-4)91(92)118-94-88(107)84(103)82(101)76(115-94)70-111-78(97)64-54-44-34-31-40-50-60-71(5)57-47-37-21-17-13-9-2/h27-28,71-76,81-95,100-107H,8-26,29-70H2,1-7H3,(H,108,109)/b28-27-. The first-order valence-corrected chi connectivity index (χ1v) is 50.1. The highest BCUT2D eigenvalue weighted by Gasteiger charge is 2.60. The van der Waals surface area contributed by atoms with Crippen molar-refractivity contribution in [3.8, 4) is 0 Å². The fraction of sp³-hybridized carbons (Fsp3) is 0.936. The van der Waals surface area contributed by atoms with Gasteiger partial charge >= 0.3 is 31.7 Å². The second-order valence-electron chi connectivity index (χ2n) is 35.8. The zero-order valence-corrected chi connectivity index (χ0v) is 76.8. The van der Waals surface area contributed by atoms with Gasteiger partial charge in [-0.1, -0.05) is 350 Å². The molecule has 0 aromatic rings. The van der Waals surface area contributed by atoms with E-state index in [1.807, 2.05) is 0 Å². The Morgan fingerprint density at radius 3 is 1.08 bits per heavy atom. The summed E-state index contributed by atoms with van der Waals surface area (Å²) in [5.74, 6) is -1.000. The fourth-order valence-electron chi connectivity index (χ4n) is 16.5. The summed E-state index contributed by atoms with van der Waals surface area (Å²) in [6, 6.07) is 0. The Labute approximate surface area is 724 Å². The van der Waals surface area contributed by atoms with Crippen LogP contribution in [0.25, 0.3) is 0 Å². The van der Waals surface area contributed by atoms with Crippen LogP contribution in [0.1, 0.15) is 414 Å². The van der Waals surface area contributed by atoms with Crippen molar-refractivity contribution in [2.45, 2.75) is 519 Å². The molecule has 25 nitrogen and oxygen atoms in total. The van der Waals surface area contributed by atoms with Gasteiger partial charge in [-0.15, -0.1) is 0 Å². The molecule has 120 heavy (non-hydrogen) atoms. The predicted molar refractivity (Wildman–Crippen MR) is 467 cm³/mol. The highest BCUT2D eigenvalue weighted by Crippen LogP contribution is 2.49. The van der Waals surface area contributed by atoms with Crippen LogP contribution in [0.5, 0.6) is 0 Å². The van der Waals surface area contributed by atoms with Crippen molar-refractivity contribution in [3.05, 3.63) is 12.2 Å². The maximum Gasteiger partial charge on any atom is 0.472 e. The van der Waals surface area contributed by atoms with Crippen LogP contribution in [0.4, 0.5) is 0 Å². The van der Waals surface area contributed by atoms with E-state index in [-0.39, 0.29) is 25.7 Å². The molecule has 0 bridgehead atoms. The molecular weight excluding hydrogens is 1560 g/mol. The zero-order chi connectivity index (χ0) is 88.0. The lowest BCUT2D eigenvalue weighted by atomic mass is 9.84. The summed E-state index contributed by atoms with van der Waals surface area (Å²) in [7, 11) is -5.82. The van der Waals surface area contributed by atoms with Crippen molar-refractivity contribution in [1.29, 1.82) is 0 Å². The molecule has 2 heterocycles. The first-order chi connectivity index (χ1) is 57.9. The number of hydrogen-bond acceptors (Lipinski definition) is 24. The molecule has 21 unspecified atom stereocenters. The number of allylic oxidation sites excluding steroid dienone is 2. The van der Waals surface area contributed by atoms with Gasteiger partial charge in [0.05, 0.1) is 13.2 Å². The number of hydrogen-bond donors (Lipinski definition) is 10. The van der Waals surface area contributed by atoms with Gasteiger partial charge in [0, 0.05) is 25.7 Å². The number of aliphatic hydroxyl groups is 9. The lowest BCUT2D eigenvalue weighted by Gasteiger charge is -2.50. The molecule has 21 atom stereocenters. The van der Waals surface area contributed by atoms with Crippen LogP contribution in [0.2, 0.25) is 0 Å². The second kappa shape index (κ2) is 70.2. The second-order valence-corrected chi connectivity index (χ2v) is 37.2. The van der Waals surface area contributed by atoms with E-state index in [2.05, 4.69) is 60.6 Å². The number of unbranched alkanes of at least 4 members (excludes halogenated alkanes) is 39. The number of phosphoric ester groups is 1.